The van der Waals surface area contributed by atoms with Crippen LogP contribution in [0.1, 0.15) is 12.5 Å². The highest BCUT2D eigenvalue weighted by atomic mass is 16.6. The maximum absolute atomic E-state index is 11.5. The summed E-state index contributed by atoms with van der Waals surface area (Å²) in [5, 5.41) is 0. The Bertz CT molecular complexity index is 373. The average Bonchev–Trinajstić information content (AvgIpc) is 2.30. The van der Waals surface area contributed by atoms with Gasteiger partial charge in [-0.2, -0.15) is 0 Å². The first-order chi connectivity index (χ1) is 7.59. The molecule has 0 radical (unpaired) electrons. The molecule has 1 aromatic carbocycles. The molecule has 16 heavy (non-hydrogen) atoms. The second-order valence-electron chi connectivity index (χ2n) is 3.64. The van der Waals surface area contributed by atoms with Gasteiger partial charge in [-0.25, -0.2) is 0 Å². The van der Waals surface area contributed by atoms with E-state index < -0.39 is 11.6 Å². The molecule has 0 spiro atoms. The van der Waals surface area contributed by atoms with Gasteiger partial charge in [0.25, 0.3) is 0 Å². The van der Waals surface area contributed by atoms with E-state index in [0.717, 1.165) is 5.56 Å². The van der Waals surface area contributed by atoms with Gasteiger partial charge in [0.15, 0.2) is 11.9 Å². The predicted molar refractivity (Wildman–Crippen MR) is 60.9 cm³/mol. The fraction of sp³-hybridized carbons (Fsp3) is 0.231. The summed E-state index contributed by atoms with van der Waals surface area (Å²) in [6, 6.07) is 9.21. The third-order valence-electron chi connectivity index (χ3n) is 2.16. The van der Waals surface area contributed by atoms with Crippen LogP contribution in [0, 0.1) is 0 Å². The fourth-order valence-electron chi connectivity index (χ4n) is 1.16. The lowest BCUT2D eigenvalue weighted by molar-refractivity contribution is -0.156. The van der Waals surface area contributed by atoms with Gasteiger partial charge in [0.05, 0.1) is 6.42 Å². The van der Waals surface area contributed by atoms with Crippen molar-refractivity contribution in [2.24, 2.45) is 0 Å². The minimum atomic E-state index is -1.23. The number of hydrogen-bond donors (Lipinski definition) is 0. The van der Waals surface area contributed by atoms with Crippen LogP contribution in [0.3, 0.4) is 0 Å². The minimum absolute atomic E-state index is 0.151. The lowest BCUT2D eigenvalue weighted by Gasteiger charge is -2.18. The summed E-state index contributed by atoms with van der Waals surface area (Å²) >= 11 is 0. The Labute approximate surface area is 94.7 Å². The highest BCUT2D eigenvalue weighted by Crippen LogP contribution is 2.10. The molecule has 0 aliphatic carbocycles. The Hall–Kier alpha value is -1.90. The van der Waals surface area contributed by atoms with Gasteiger partial charge in [0.1, 0.15) is 0 Å². The summed E-state index contributed by atoms with van der Waals surface area (Å²) in [6.07, 6.45) is 2.02. The van der Waals surface area contributed by atoms with Crippen LogP contribution < -0.4 is 0 Å². The second-order valence-corrected chi connectivity index (χ2v) is 3.64. The molecule has 0 N–H and O–H groups in total. The van der Waals surface area contributed by atoms with Gasteiger partial charge in [0, 0.05) is 0 Å². The number of hydrogen-bond acceptors (Lipinski definition) is 3. The van der Waals surface area contributed by atoms with E-state index in [4.69, 9.17) is 4.74 Å². The first-order valence-electron chi connectivity index (χ1n) is 4.95. The lowest BCUT2D eigenvalue weighted by atomic mass is 10.1. The molecule has 1 unspecified atom stereocenters. The zero-order valence-corrected chi connectivity index (χ0v) is 9.18. The van der Waals surface area contributed by atoms with Crippen molar-refractivity contribution in [3.8, 4) is 0 Å². The molecule has 3 heteroatoms. The molecule has 3 nitrogen and oxygen atoms in total. The predicted octanol–water partition coefficient (Wildman–Crippen LogP) is 1.92. The molecule has 0 aliphatic rings. The number of carbonyl (C=O) groups excluding carboxylic acids is 2. The summed E-state index contributed by atoms with van der Waals surface area (Å²) in [4.78, 5) is 22.2. The Morgan fingerprint density at radius 2 is 2.06 bits per heavy atom. The smallest absolute Gasteiger partial charge is 0.311 e. The molecule has 0 fully saturated rings. The van der Waals surface area contributed by atoms with Crippen molar-refractivity contribution < 1.29 is 14.3 Å². The van der Waals surface area contributed by atoms with Gasteiger partial charge in [-0.05, 0) is 18.6 Å². The molecule has 1 atom stereocenters. The highest BCUT2D eigenvalue weighted by Gasteiger charge is 2.23. The number of esters is 1. The molecule has 1 aromatic rings. The first-order valence-corrected chi connectivity index (χ1v) is 4.95. The van der Waals surface area contributed by atoms with Gasteiger partial charge in [-0.1, -0.05) is 36.9 Å². The standard InChI is InChI=1S/C13H14O3/c1-3-13(2,10-14)16-12(15)9-11-7-5-4-6-8-11/h3-8,10H,1,9H2,2H3. The molecular weight excluding hydrogens is 204 g/mol. The zero-order valence-electron chi connectivity index (χ0n) is 9.18. The van der Waals surface area contributed by atoms with E-state index in [-0.39, 0.29) is 6.42 Å². The van der Waals surface area contributed by atoms with Crippen LogP contribution in [0.15, 0.2) is 43.0 Å². The lowest BCUT2D eigenvalue weighted by Crippen LogP contribution is -2.31. The van der Waals surface area contributed by atoms with Crippen molar-refractivity contribution in [3.05, 3.63) is 48.6 Å². The van der Waals surface area contributed by atoms with E-state index in [1.54, 1.807) is 0 Å². The Balaban J connectivity index is 2.61. The summed E-state index contributed by atoms with van der Waals surface area (Å²) in [7, 11) is 0. The van der Waals surface area contributed by atoms with E-state index in [1.165, 1.54) is 13.0 Å². The topological polar surface area (TPSA) is 43.4 Å². The van der Waals surface area contributed by atoms with Gasteiger partial charge < -0.3 is 4.74 Å². The highest BCUT2D eigenvalue weighted by molar-refractivity contribution is 5.77. The van der Waals surface area contributed by atoms with E-state index in [2.05, 4.69) is 6.58 Å². The van der Waals surface area contributed by atoms with Crippen molar-refractivity contribution in [3.63, 3.8) is 0 Å². The fourth-order valence-corrected chi connectivity index (χ4v) is 1.16. The number of aldehydes is 1. The maximum atomic E-state index is 11.5. The third kappa shape index (κ3) is 3.35. The Morgan fingerprint density at radius 1 is 1.44 bits per heavy atom. The van der Waals surface area contributed by atoms with E-state index >= 15 is 0 Å². The van der Waals surface area contributed by atoms with Crippen molar-refractivity contribution in [1.29, 1.82) is 0 Å². The number of carbonyl (C=O) groups is 2. The van der Waals surface area contributed by atoms with Gasteiger partial charge in [0.2, 0.25) is 0 Å². The molecule has 0 saturated heterocycles. The molecule has 0 saturated carbocycles. The minimum Gasteiger partial charge on any atom is -0.447 e. The Kier molecular flexibility index (Phi) is 4.00. The molecule has 1 rings (SSSR count). The molecule has 0 aromatic heterocycles. The molecule has 0 heterocycles. The van der Waals surface area contributed by atoms with Crippen LogP contribution in [0.2, 0.25) is 0 Å². The van der Waals surface area contributed by atoms with Crippen LogP contribution in [-0.4, -0.2) is 17.9 Å². The summed E-state index contributed by atoms with van der Waals surface area (Å²) in [5.74, 6) is -0.444. The molecule has 84 valence electrons. The summed E-state index contributed by atoms with van der Waals surface area (Å²) in [6.45, 7) is 4.95. The second kappa shape index (κ2) is 5.26. The van der Waals surface area contributed by atoms with Crippen LogP contribution in [-0.2, 0) is 20.7 Å². The number of ether oxygens (including phenoxy) is 1. The van der Waals surface area contributed by atoms with E-state index in [0.29, 0.717) is 6.29 Å². The van der Waals surface area contributed by atoms with Crippen molar-refractivity contribution in [1.82, 2.24) is 0 Å². The van der Waals surface area contributed by atoms with Gasteiger partial charge in [-0.3, -0.25) is 9.59 Å². The summed E-state index contributed by atoms with van der Waals surface area (Å²) < 4.78 is 5.02. The van der Waals surface area contributed by atoms with Crippen LogP contribution in [0.4, 0.5) is 0 Å². The van der Waals surface area contributed by atoms with Crippen LogP contribution in [0.5, 0.6) is 0 Å². The van der Waals surface area contributed by atoms with Crippen molar-refractivity contribution >= 4 is 12.3 Å². The third-order valence-corrected chi connectivity index (χ3v) is 2.16. The van der Waals surface area contributed by atoms with Gasteiger partial charge in [-0.15, -0.1) is 0 Å². The quantitative estimate of drug-likeness (QED) is 0.431. The molecule has 0 aliphatic heterocycles. The maximum Gasteiger partial charge on any atom is 0.311 e. The molecule has 0 bridgehead atoms. The molecule has 0 amide bonds. The van der Waals surface area contributed by atoms with Gasteiger partial charge >= 0.3 is 5.97 Å². The first kappa shape index (κ1) is 12.2. The zero-order chi connectivity index (χ0) is 12.0. The van der Waals surface area contributed by atoms with Crippen molar-refractivity contribution in [2.45, 2.75) is 18.9 Å². The summed E-state index contributed by atoms with van der Waals surface area (Å²) in [5.41, 5.74) is -0.379. The Morgan fingerprint density at radius 3 is 2.56 bits per heavy atom. The van der Waals surface area contributed by atoms with E-state index in [1.807, 2.05) is 30.3 Å². The monoisotopic (exact) mass is 218 g/mol. The normalized spacial score (nSPS) is 13.6. The molecular formula is C13H14O3. The number of benzene rings is 1. The SMILES string of the molecule is C=CC(C)(C=O)OC(=O)Cc1ccccc1. The largest absolute Gasteiger partial charge is 0.447 e. The number of rotatable bonds is 5. The van der Waals surface area contributed by atoms with Crippen LogP contribution >= 0.6 is 0 Å². The average molecular weight is 218 g/mol. The van der Waals surface area contributed by atoms with E-state index in [9.17, 15) is 9.59 Å². The van der Waals surface area contributed by atoms with Crippen molar-refractivity contribution in [2.75, 3.05) is 0 Å². The van der Waals surface area contributed by atoms with Crippen LogP contribution in [0.25, 0.3) is 0 Å².